The number of aryl methyl sites for hydroxylation is 1. The Hall–Kier alpha value is -4.06. The minimum atomic E-state index is -0.190. The van der Waals surface area contributed by atoms with Gasteiger partial charge in [0.2, 0.25) is 5.91 Å². The van der Waals surface area contributed by atoms with E-state index in [9.17, 15) is 4.79 Å². The Labute approximate surface area is 179 Å². The summed E-state index contributed by atoms with van der Waals surface area (Å²) < 4.78 is 11.3. The number of nitrogens with zero attached hydrogens (tertiary/aromatic N) is 1. The zero-order chi connectivity index (χ0) is 21.2. The molecule has 0 bridgehead atoms. The summed E-state index contributed by atoms with van der Waals surface area (Å²) in [6.45, 7) is 3.11. The summed E-state index contributed by atoms with van der Waals surface area (Å²) in [5.74, 6) is 1.95. The van der Waals surface area contributed by atoms with Gasteiger partial charge in [-0.2, -0.15) is 0 Å². The Balaban J connectivity index is 1.35. The van der Waals surface area contributed by atoms with Crippen molar-refractivity contribution in [2.75, 3.05) is 18.5 Å². The van der Waals surface area contributed by atoms with Crippen molar-refractivity contribution in [3.05, 3.63) is 77.9 Å². The molecule has 1 amide bonds. The average molecular weight is 411 g/mol. The number of aromatic amines is 1. The standard InChI is InChI=1S/C25H21N3O3/c1-16-5-7-17(8-6-16)9-10-24(29)26-19-4-2-3-18(13-19)25-27-20-14-22-23(15-21(20)28-25)31-12-11-30-22/h2-10,13-15H,11-12H2,1H3,(H,26,29)(H,27,28)/b10-9+. The molecule has 3 aromatic carbocycles. The number of fused-ring (bicyclic) bond motifs is 2. The van der Waals surface area contributed by atoms with Crippen molar-refractivity contribution in [2.24, 2.45) is 0 Å². The molecule has 0 radical (unpaired) electrons. The number of carbonyl (C=O) groups excluding carboxylic acids is 1. The molecule has 6 nitrogen and oxygen atoms in total. The zero-order valence-electron chi connectivity index (χ0n) is 17.0. The van der Waals surface area contributed by atoms with E-state index in [4.69, 9.17) is 9.47 Å². The van der Waals surface area contributed by atoms with Gasteiger partial charge in [0.15, 0.2) is 11.5 Å². The number of amides is 1. The van der Waals surface area contributed by atoms with Crippen molar-refractivity contribution in [3.8, 4) is 22.9 Å². The molecule has 154 valence electrons. The molecule has 0 saturated heterocycles. The molecule has 1 aliphatic rings. The first-order valence-corrected chi connectivity index (χ1v) is 10.1. The van der Waals surface area contributed by atoms with E-state index in [0.29, 0.717) is 30.5 Å². The van der Waals surface area contributed by atoms with Crippen molar-refractivity contribution < 1.29 is 14.3 Å². The molecule has 31 heavy (non-hydrogen) atoms. The van der Waals surface area contributed by atoms with Gasteiger partial charge in [-0.1, -0.05) is 42.0 Å². The summed E-state index contributed by atoms with van der Waals surface area (Å²) in [4.78, 5) is 20.3. The van der Waals surface area contributed by atoms with Crippen LogP contribution in [-0.2, 0) is 4.79 Å². The van der Waals surface area contributed by atoms with Crippen molar-refractivity contribution in [1.82, 2.24) is 9.97 Å². The van der Waals surface area contributed by atoms with Gasteiger partial charge in [0.25, 0.3) is 0 Å². The lowest BCUT2D eigenvalue weighted by atomic mass is 10.1. The highest BCUT2D eigenvalue weighted by atomic mass is 16.6. The van der Waals surface area contributed by atoms with Crippen molar-refractivity contribution in [2.45, 2.75) is 6.92 Å². The minimum Gasteiger partial charge on any atom is -0.486 e. The molecule has 6 heteroatoms. The number of hydrogen-bond acceptors (Lipinski definition) is 4. The molecule has 4 aromatic rings. The molecule has 1 aliphatic heterocycles. The zero-order valence-corrected chi connectivity index (χ0v) is 17.0. The SMILES string of the molecule is Cc1ccc(/C=C/C(=O)Nc2cccc(-c3nc4cc5c(cc4[nH]3)OCCO5)c2)cc1. The maximum Gasteiger partial charge on any atom is 0.248 e. The highest BCUT2D eigenvalue weighted by Crippen LogP contribution is 2.35. The highest BCUT2D eigenvalue weighted by molar-refractivity contribution is 6.02. The van der Waals surface area contributed by atoms with Crippen LogP contribution in [0.4, 0.5) is 5.69 Å². The summed E-state index contributed by atoms with van der Waals surface area (Å²) in [7, 11) is 0. The van der Waals surface area contributed by atoms with Crippen LogP contribution >= 0.6 is 0 Å². The molecule has 0 saturated carbocycles. The van der Waals surface area contributed by atoms with Crippen LogP contribution in [0.3, 0.4) is 0 Å². The molecule has 0 fully saturated rings. The fourth-order valence-corrected chi connectivity index (χ4v) is 3.46. The third kappa shape index (κ3) is 4.14. The molecule has 0 atom stereocenters. The Morgan fingerprint density at radius 2 is 1.81 bits per heavy atom. The van der Waals surface area contributed by atoms with Crippen molar-refractivity contribution >= 4 is 28.7 Å². The van der Waals surface area contributed by atoms with Crippen molar-refractivity contribution in [1.29, 1.82) is 0 Å². The average Bonchev–Trinajstić information content (AvgIpc) is 3.20. The van der Waals surface area contributed by atoms with Crippen LogP contribution < -0.4 is 14.8 Å². The van der Waals surface area contributed by atoms with Gasteiger partial charge < -0.3 is 19.8 Å². The van der Waals surface area contributed by atoms with Crippen LogP contribution in [0, 0.1) is 6.92 Å². The molecular weight excluding hydrogens is 390 g/mol. The smallest absolute Gasteiger partial charge is 0.248 e. The largest absolute Gasteiger partial charge is 0.486 e. The van der Waals surface area contributed by atoms with Gasteiger partial charge in [0.1, 0.15) is 19.0 Å². The second kappa shape index (κ2) is 7.99. The van der Waals surface area contributed by atoms with Crippen LogP contribution in [-0.4, -0.2) is 29.1 Å². The number of H-pyrrole nitrogens is 1. The Morgan fingerprint density at radius 1 is 1.03 bits per heavy atom. The quantitative estimate of drug-likeness (QED) is 0.465. The van der Waals surface area contributed by atoms with Gasteiger partial charge in [-0.25, -0.2) is 4.98 Å². The number of ether oxygens (including phenoxy) is 2. The number of anilines is 1. The van der Waals surface area contributed by atoms with Gasteiger partial charge in [0.05, 0.1) is 11.0 Å². The third-order valence-electron chi connectivity index (χ3n) is 5.05. The van der Waals surface area contributed by atoms with E-state index in [0.717, 1.165) is 27.9 Å². The highest BCUT2D eigenvalue weighted by Gasteiger charge is 2.15. The fraction of sp³-hybridized carbons (Fsp3) is 0.120. The topological polar surface area (TPSA) is 76.2 Å². The second-order valence-electron chi connectivity index (χ2n) is 7.41. The first-order valence-electron chi connectivity index (χ1n) is 10.1. The van der Waals surface area contributed by atoms with E-state index in [1.165, 1.54) is 11.6 Å². The Kier molecular flexibility index (Phi) is 4.88. The molecule has 0 aliphatic carbocycles. The number of imidazole rings is 1. The van der Waals surface area contributed by atoms with Crippen LogP contribution in [0.1, 0.15) is 11.1 Å². The van der Waals surface area contributed by atoms with Gasteiger partial charge in [-0.05, 0) is 30.7 Å². The summed E-state index contributed by atoms with van der Waals surface area (Å²) in [5, 5.41) is 2.90. The van der Waals surface area contributed by atoms with Gasteiger partial charge >= 0.3 is 0 Å². The summed E-state index contributed by atoms with van der Waals surface area (Å²) in [6.07, 6.45) is 3.33. The van der Waals surface area contributed by atoms with E-state index >= 15 is 0 Å². The van der Waals surface area contributed by atoms with E-state index in [1.54, 1.807) is 6.08 Å². The Morgan fingerprint density at radius 3 is 2.61 bits per heavy atom. The molecule has 5 rings (SSSR count). The van der Waals surface area contributed by atoms with Gasteiger partial charge in [0, 0.05) is 29.5 Å². The lowest BCUT2D eigenvalue weighted by Crippen LogP contribution is -2.15. The molecule has 0 spiro atoms. The Bertz CT molecular complexity index is 1250. The third-order valence-corrected chi connectivity index (χ3v) is 5.05. The molecule has 2 heterocycles. The van der Waals surface area contributed by atoms with E-state index in [1.807, 2.05) is 67.6 Å². The normalized spacial score (nSPS) is 12.9. The lowest BCUT2D eigenvalue weighted by molar-refractivity contribution is -0.111. The number of aromatic nitrogens is 2. The number of carbonyl (C=O) groups is 1. The van der Waals surface area contributed by atoms with Crippen LogP contribution in [0.25, 0.3) is 28.5 Å². The first-order chi connectivity index (χ1) is 15.1. The number of rotatable bonds is 4. The van der Waals surface area contributed by atoms with E-state index < -0.39 is 0 Å². The maximum atomic E-state index is 12.3. The van der Waals surface area contributed by atoms with Crippen molar-refractivity contribution in [3.63, 3.8) is 0 Å². The van der Waals surface area contributed by atoms with Crippen LogP contribution in [0.5, 0.6) is 11.5 Å². The van der Waals surface area contributed by atoms with E-state index in [2.05, 4.69) is 15.3 Å². The maximum absolute atomic E-state index is 12.3. The van der Waals surface area contributed by atoms with Gasteiger partial charge in [-0.15, -0.1) is 0 Å². The predicted molar refractivity (Wildman–Crippen MR) is 121 cm³/mol. The fourth-order valence-electron chi connectivity index (χ4n) is 3.46. The molecule has 2 N–H and O–H groups in total. The minimum absolute atomic E-state index is 0.190. The summed E-state index contributed by atoms with van der Waals surface area (Å²) in [6, 6.07) is 19.4. The monoisotopic (exact) mass is 411 g/mol. The van der Waals surface area contributed by atoms with Crippen LogP contribution in [0.15, 0.2) is 66.7 Å². The molecule has 1 aromatic heterocycles. The number of benzene rings is 3. The second-order valence-corrected chi connectivity index (χ2v) is 7.41. The van der Waals surface area contributed by atoms with Gasteiger partial charge in [-0.3, -0.25) is 4.79 Å². The van der Waals surface area contributed by atoms with E-state index in [-0.39, 0.29) is 5.91 Å². The lowest BCUT2D eigenvalue weighted by Gasteiger charge is -2.17. The summed E-state index contributed by atoms with van der Waals surface area (Å²) >= 11 is 0. The summed E-state index contributed by atoms with van der Waals surface area (Å²) in [5.41, 5.74) is 5.40. The molecular formula is C25H21N3O3. The molecule has 0 unspecified atom stereocenters. The first kappa shape index (κ1) is 18.9. The number of nitrogens with one attached hydrogen (secondary N) is 2. The number of hydrogen-bond donors (Lipinski definition) is 2. The van der Waals surface area contributed by atoms with Crippen LogP contribution in [0.2, 0.25) is 0 Å². The predicted octanol–water partition coefficient (Wildman–Crippen LogP) is 4.96.